The van der Waals surface area contributed by atoms with E-state index in [0.717, 1.165) is 38.0 Å². The van der Waals surface area contributed by atoms with Crippen molar-refractivity contribution in [3.63, 3.8) is 0 Å². The van der Waals surface area contributed by atoms with Crippen LogP contribution in [-0.4, -0.2) is 22.9 Å². The largest absolute Gasteiger partial charge is 0.316 e. The number of hydrogen-bond acceptors (Lipinski definition) is 3. The highest BCUT2D eigenvalue weighted by atomic mass is 16.1. The van der Waals surface area contributed by atoms with Crippen LogP contribution in [0.1, 0.15) is 35.2 Å². The van der Waals surface area contributed by atoms with Gasteiger partial charge in [-0.15, -0.1) is 0 Å². The Morgan fingerprint density at radius 3 is 2.56 bits per heavy atom. The van der Waals surface area contributed by atoms with Crippen LogP contribution < -0.4 is 10.5 Å². The van der Waals surface area contributed by atoms with Crippen molar-refractivity contribution in [1.29, 1.82) is 5.26 Å². The quantitative estimate of drug-likeness (QED) is 0.913. The molecule has 0 bridgehead atoms. The number of nitrogens with one attached hydrogen (secondary N) is 1. The van der Waals surface area contributed by atoms with Gasteiger partial charge in [-0.1, -0.05) is 30.3 Å². The van der Waals surface area contributed by atoms with Gasteiger partial charge in [-0.2, -0.15) is 15.0 Å². The molecule has 130 valence electrons. The van der Waals surface area contributed by atoms with Gasteiger partial charge in [0.15, 0.2) is 6.67 Å². The molecule has 0 spiro atoms. The van der Waals surface area contributed by atoms with Crippen LogP contribution in [0.25, 0.3) is 0 Å². The highest BCUT2D eigenvalue weighted by Gasteiger charge is 2.23. The maximum Gasteiger partial charge on any atom is 0.289 e. The lowest BCUT2D eigenvalue weighted by Gasteiger charge is -2.29. The number of likely N-dealkylation sites (tertiary alicyclic amines) is 1. The lowest BCUT2D eigenvalue weighted by molar-refractivity contribution is -0.929. The van der Waals surface area contributed by atoms with Crippen LogP contribution in [0.3, 0.4) is 0 Å². The molecule has 1 aliphatic heterocycles. The Morgan fingerprint density at radius 1 is 1.24 bits per heavy atom. The van der Waals surface area contributed by atoms with Crippen LogP contribution in [0.5, 0.6) is 0 Å². The average molecular weight is 337 g/mol. The van der Waals surface area contributed by atoms with Gasteiger partial charge in [0.25, 0.3) is 5.56 Å². The van der Waals surface area contributed by atoms with Gasteiger partial charge in [0.1, 0.15) is 11.6 Å². The van der Waals surface area contributed by atoms with Crippen LogP contribution in [-0.2, 0) is 13.1 Å². The summed E-state index contributed by atoms with van der Waals surface area (Å²) in [5.74, 6) is 0.713. The fourth-order valence-electron chi connectivity index (χ4n) is 3.62. The van der Waals surface area contributed by atoms with Crippen molar-refractivity contribution in [2.45, 2.75) is 39.8 Å². The number of aromatic nitrogens is 2. The second kappa shape index (κ2) is 7.62. The highest BCUT2D eigenvalue weighted by molar-refractivity contribution is 5.36. The predicted octanol–water partition coefficient (Wildman–Crippen LogP) is 1.23. The number of rotatable bonds is 4. The van der Waals surface area contributed by atoms with E-state index in [9.17, 15) is 10.1 Å². The zero-order chi connectivity index (χ0) is 17.8. The Balaban J connectivity index is 1.62. The molecule has 1 fully saturated rings. The van der Waals surface area contributed by atoms with Gasteiger partial charge in [0, 0.05) is 0 Å². The van der Waals surface area contributed by atoms with E-state index in [1.54, 1.807) is 6.92 Å². The van der Waals surface area contributed by atoms with Gasteiger partial charge in [0.05, 0.1) is 18.8 Å². The molecular weight excluding hydrogens is 312 g/mol. The van der Waals surface area contributed by atoms with Crippen molar-refractivity contribution < 1.29 is 4.90 Å². The van der Waals surface area contributed by atoms with E-state index in [1.165, 1.54) is 15.1 Å². The van der Waals surface area contributed by atoms with Gasteiger partial charge in [-0.05, 0) is 50.2 Å². The van der Waals surface area contributed by atoms with Gasteiger partial charge < -0.3 is 4.90 Å². The monoisotopic (exact) mass is 337 g/mol. The Hall–Kier alpha value is -2.45. The Labute approximate surface area is 148 Å². The number of quaternary nitrogens is 1. The molecule has 0 radical (unpaired) electrons. The first-order valence-corrected chi connectivity index (χ1v) is 8.94. The molecule has 0 unspecified atom stereocenters. The van der Waals surface area contributed by atoms with Crippen LogP contribution in [0.4, 0.5) is 0 Å². The molecule has 0 aliphatic carbocycles. The van der Waals surface area contributed by atoms with Crippen molar-refractivity contribution in [2.75, 3.05) is 13.1 Å². The lowest BCUT2D eigenvalue weighted by Crippen LogP contribution is -3.12. The smallest absolute Gasteiger partial charge is 0.289 e. The van der Waals surface area contributed by atoms with Crippen LogP contribution >= 0.6 is 0 Å². The molecule has 5 heteroatoms. The summed E-state index contributed by atoms with van der Waals surface area (Å²) in [4.78, 5) is 13.8. The Morgan fingerprint density at radius 2 is 1.92 bits per heavy atom. The third-order valence-corrected chi connectivity index (χ3v) is 5.30. The molecule has 25 heavy (non-hydrogen) atoms. The van der Waals surface area contributed by atoms with Gasteiger partial charge in [0.2, 0.25) is 0 Å². The minimum absolute atomic E-state index is 0.228. The van der Waals surface area contributed by atoms with E-state index in [1.807, 2.05) is 13.0 Å². The van der Waals surface area contributed by atoms with E-state index in [4.69, 9.17) is 0 Å². The number of piperidine rings is 1. The number of nitrogens with zero attached hydrogens (tertiary/aromatic N) is 3. The topological polar surface area (TPSA) is 63.1 Å². The van der Waals surface area contributed by atoms with Crippen LogP contribution in [0.2, 0.25) is 0 Å². The molecule has 2 heterocycles. The lowest BCUT2D eigenvalue weighted by atomic mass is 9.90. The predicted molar refractivity (Wildman–Crippen MR) is 96.3 cm³/mol. The molecule has 1 aliphatic rings. The molecule has 0 amide bonds. The van der Waals surface area contributed by atoms with Crippen molar-refractivity contribution in [3.05, 3.63) is 63.1 Å². The summed E-state index contributed by atoms with van der Waals surface area (Å²) in [6, 6.07) is 12.7. The zero-order valence-electron chi connectivity index (χ0n) is 15.0. The maximum absolute atomic E-state index is 12.4. The molecule has 1 aromatic heterocycles. The molecule has 1 saturated heterocycles. The summed E-state index contributed by atoms with van der Waals surface area (Å²) in [5.41, 5.74) is 2.83. The summed E-state index contributed by atoms with van der Waals surface area (Å²) >= 11 is 0. The van der Waals surface area contributed by atoms with Crippen molar-refractivity contribution >= 4 is 0 Å². The minimum Gasteiger partial charge on any atom is -0.316 e. The molecule has 1 N–H and O–H groups in total. The number of aryl methyl sites for hydroxylation is 1. The Kier molecular flexibility index (Phi) is 5.30. The van der Waals surface area contributed by atoms with Crippen LogP contribution in [0, 0.1) is 31.1 Å². The third kappa shape index (κ3) is 3.97. The SMILES string of the molecule is Cc1nn(C[NH+]2CCC(Cc3ccccc3)CC2)c(=O)c(C#N)c1C. The van der Waals surface area contributed by atoms with E-state index >= 15 is 0 Å². The van der Waals surface area contributed by atoms with Crippen LogP contribution in [0.15, 0.2) is 35.1 Å². The van der Waals surface area contributed by atoms with E-state index < -0.39 is 0 Å². The second-order valence-corrected chi connectivity index (χ2v) is 7.04. The van der Waals surface area contributed by atoms with Gasteiger partial charge >= 0.3 is 0 Å². The molecule has 2 aromatic rings. The van der Waals surface area contributed by atoms with Gasteiger partial charge in [-0.25, -0.2) is 0 Å². The standard InChI is InChI=1S/C20H24N4O/c1-15-16(2)22-24(20(25)19(15)13-21)14-23-10-8-18(9-11-23)12-17-6-4-3-5-7-17/h3-7,18H,8-12,14H2,1-2H3/p+1. The molecule has 5 nitrogen and oxygen atoms in total. The normalized spacial score (nSPS) is 20.2. The van der Waals surface area contributed by atoms with E-state index in [0.29, 0.717) is 18.2 Å². The fourth-order valence-corrected chi connectivity index (χ4v) is 3.62. The third-order valence-electron chi connectivity index (χ3n) is 5.30. The summed E-state index contributed by atoms with van der Waals surface area (Å²) in [6.07, 6.45) is 3.46. The fraction of sp³-hybridized carbons (Fsp3) is 0.450. The number of benzene rings is 1. The van der Waals surface area contributed by atoms with Crippen molar-refractivity contribution in [1.82, 2.24) is 9.78 Å². The van der Waals surface area contributed by atoms with Gasteiger partial charge in [-0.3, -0.25) is 4.79 Å². The second-order valence-electron chi connectivity index (χ2n) is 7.04. The highest BCUT2D eigenvalue weighted by Crippen LogP contribution is 2.16. The molecule has 1 aromatic carbocycles. The first-order chi connectivity index (χ1) is 12.1. The molecule has 0 atom stereocenters. The molecule has 0 saturated carbocycles. The summed E-state index contributed by atoms with van der Waals surface area (Å²) in [6.45, 7) is 6.27. The average Bonchev–Trinajstić information content (AvgIpc) is 2.63. The molecule has 3 rings (SSSR count). The molecular formula is C20H25N4O+. The van der Waals surface area contributed by atoms with E-state index in [2.05, 4.69) is 35.4 Å². The summed E-state index contributed by atoms with van der Waals surface area (Å²) in [7, 11) is 0. The summed E-state index contributed by atoms with van der Waals surface area (Å²) in [5, 5.41) is 13.6. The zero-order valence-corrected chi connectivity index (χ0v) is 15.0. The van der Waals surface area contributed by atoms with Crippen molar-refractivity contribution in [3.8, 4) is 6.07 Å². The number of hydrogen-bond donors (Lipinski definition) is 1. The first kappa shape index (κ1) is 17.4. The minimum atomic E-state index is -0.260. The number of nitriles is 1. The van der Waals surface area contributed by atoms with E-state index in [-0.39, 0.29) is 11.1 Å². The van der Waals surface area contributed by atoms with Crippen molar-refractivity contribution in [2.24, 2.45) is 5.92 Å². The first-order valence-electron chi connectivity index (χ1n) is 8.94. The maximum atomic E-state index is 12.4. The Bertz CT molecular complexity index is 827. The summed E-state index contributed by atoms with van der Waals surface area (Å²) < 4.78 is 1.48.